The average molecular weight is 394 g/mol. The predicted molar refractivity (Wildman–Crippen MR) is 106 cm³/mol. The number of rotatable bonds is 6. The van der Waals surface area contributed by atoms with Gasteiger partial charge in [0.2, 0.25) is 11.8 Å². The van der Waals surface area contributed by atoms with Crippen LogP contribution in [0, 0.1) is 0 Å². The zero-order chi connectivity index (χ0) is 17.1. The van der Waals surface area contributed by atoms with Crippen molar-refractivity contribution < 1.29 is 9.21 Å². The molecule has 7 heteroatoms. The van der Waals surface area contributed by atoms with Crippen molar-refractivity contribution in [2.75, 3.05) is 5.75 Å². The maximum absolute atomic E-state index is 12.2. The quantitative estimate of drug-likeness (QED) is 0.787. The number of nitrogens with zero attached hydrogens (tertiary/aromatic N) is 1. The van der Waals surface area contributed by atoms with Crippen molar-refractivity contribution in [1.82, 2.24) is 15.6 Å². The number of piperidine rings is 1. The summed E-state index contributed by atoms with van der Waals surface area (Å²) in [5.74, 6) is 1.91. The van der Waals surface area contributed by atoms with Gasteiger partial charge >= 0.3 is 0 Å². The van der Waals surface area contributed by atoms with Crippen LogP contribution in [0.2, 0.25) is 0 Å². The van der Waals surface area contributed by atoms with Crippen molar-refractivity contribution in [1.29, 1.82) is 0 Å². The number of carbonyl (C=O) groups excluding carboxylic acids is 1. The molecule has 0 radical (unpaired) electrons. The highest BCUT2D eigenvalue weighted by molar-refractivity contribution is 7.99. The molecule has 2 fully saturated rings. The zero-order valence-corrected chi connectivity index (χ0v) is 16.2. The first-order chi connectivity index (χ1) is 12.3. The number of halogens is 1. The molecule has 2 N–H and O–H groups in total. The van der Waals surface area contributed by atoms with Gasteiger partial charge in [-0.25, -0.2) is 4.98 Å². The SMILES string of the molecule is Cl.O=C(CSCc1coc(-c2ccccc2)n1)NC1CC2CCC(C1)N2. The van der Waals surface area contributed by atoms with Crippen LogP contribution in [-0.4, -0.2) is 34.8 Å². The first-order valence-corrected chi connectivity index (χ1v) is 10.0. The Morgan fingerprint density at radius 2 is 1.96 bits per heavy atom. The average Bonchev–Trinajstić information content (AvgIpc) is 3.22. The Morgan fingerprint density at radius 1 is 1.23 bits per heavy atom. The Hall–Kier alpha value is -1.50. The number of nitrogens with one attached hydrogen (secondary N) is 2. The third-order valence-electron chi connectivity index (χ3n) is 4.89. The van der Waals surface area contributed by atoms with E-state index in [1.807, 2.05) is 30.3 Å². The molecule has 2 aliphatic rings. The van der Waals surface area contributed by atoms with Gasteiger partial charge in [-0.3, -0.25) is 4.79 Å². The van der Waals surface area contributed by atoms with Crippen molar-refractivity contribution in [2.45, 2.75) is 49.6 Å². The van der Waals surface area contributed by atoms with Crippen LogP contribution in [0.1, 0.15) is 31.4 Å². The standard InChI is InChI=1S/C19H23N3O2S.ClH/c23-18(21-16-8-14-6-7-15(9-16)20-14)12-25-11-17-10-24-19(22-17)13-4-2-1-3-5-13;/h1-5,10,14-16,20H,6-9,11-12H2,(H,21,23);1H. The van der Waals surface area contributed by atoms with Gasteiger partial charge in [0.1, 0.15) is 6.26 Å². The molecule has 5 nitrogen and oxygen atoms in total. The van der Waals surface area contributed by atoms with Gasteiger partial charge in [0.25, 0.3) is 0 Å². The van der Waals surface area contributed by atoms with Crippen molar-refractivity contribution in [3.8, 4) is 11.5 Å². The first-order valence-electron chi connectivity index (χ1n) is 8.89. The second-order valence-corrected chi connectivity index (χ2v) is 7.86. The highest BCUT2D eigenvalue weighted by Crippen LogP contribution is 2.27. The number of amides is 1. The molecule has 0 spiro atoms. The maximum atomic E-state index is 12.2. The van der Waals surface area contributed by atoms with Crippen LogP contribution >= 0.6 is 24.2 Å². The van der Waals surface area contributed by atoms with Crippen LogP contribution in [0.5, 0.6) is 0 Å². The Balaban J connectivity index is 0.00000196. The maximum Gasteiger partial charge on any atom is 0.230 e. The second kappa shape index (κ2) is 8.93. The number of hydrogen-bond donors (Lipinski definition) is 2. The van der Waals surface area contributed by atoms with E-state index in [4.69, 9.17) is 4.42 Å². The molecular formula is C19H24ClN3O2S. The fraction of sp³-hybridized carbons (Fsp3) is 0.474. The molecule has 1 aromatic carbocycles. The van der Waals surface area contributed by atoms with E-state index in [0.29, 0.717) is 35.5 Å². The summed E-state index contributed by atoms with van der Waals surface area (Å²) in [5.41, 5.74) is 1.84. The van der Waals surface area contributed by atoms with Gasteiger partial charge in [0.05, 0.1) is 11.4 Å². The minimum Gasteiger partial charge on any atom is -0.444 e. The number of oxazole rings is 1. The molecule has 26 heavy (non-hydrogen) atoms. The van der Waals surface area contributed by atoms with Crippen LogP contribution in [0.15, 0.2) is 41.0 Å². The summed E-state index contributed by atoms with van der Waals surface area (Å²) in [6.07, 6.45) is 6.31. The van der Waals surface area contributed by atoms with E-state index in [2.05, 4.69) is 15.6 Å². The van der Waals surface area contributed by atoms with E-state index in [0.717, 1.165) is 24.1 Å². The fourth-order valence-corrected chi connectivity index (χ4v) is 4.49. The topological polar surface area (TPSA) is 67.2 Å². The number of hydrogen-bond acceptors (Lipinski definition) is 5. The molecule has 0 aliphatic carbocycles. The lowest BCUT2D eigenvalue weighted by Gasteiger charge is -2.29. The molecule has 2 aliphatic heterocycles. The van der Waals surface area contributed by atoms with Gasteiger partial charge < -0.3 is 15.1 Å². The van der Waals surface area contributed by atoms with Crippen molar-refractivity contribution in [3.05, 3.63) is 42.3 Å². The fourth-order valence-electron chi connectivity index (χ4n) is 3.78. The lowest BCUT2D eigenvalue weighted by Crippen LogP contribution is -2.48. The van der Waals surface area contributed by atoms with E-state index in [9.17, 15) is 4.79 Å². The van der Waals surface area contributed by atoms with E-state index in [-0.39, 0.29) is 18.3 Å². The van der Waals surface area contributed by atoms with Crippen LogP contribution in [0.3, 0.4) is 0 Å². The largest absolute Gasteiger partial charge is 0.444 e. The molecule has 140 valence electrons. The zero-order valence-electron chi connectivity index (χ0n) is 14.5. The monoisotopic (exact) mass is 393 g/mol. The number of aromatic nitrogens is 1. The van der Waals surface area contributed by atoms with Crippen molar-refractivity contribution in [3.63, 3.8) is 0 Å². The number of carbonyl (C=O) groups is 1. The molecule has 2 atom stereocenters. The van der Waals surface area contributed by atoms with Crippen LogP contribution < -0.4 is 10.6 Å². The number of fused-ring (bicyclic) bond motifs is 2. The summed E-state index contributed by atoms with van der Waals surface area (Å²) in [5, 5.41) is 6.79. The summed E-state index contributed by atoms with van der Waals surface area (Å²) in [6.45, 7) is 0. The van der Waals surface area contributed by atoms with Gasteiger partial charge in [0, 0.05) is 29.4 Å². The molecule has 4 rings (SSSR count). The summed E-state index contributed by atoms with van der Waals surface area (Å²) in [6, 6.07) is 11.4. The van der Waals surface area contributed by atoms with Gasteiger partial charge in [-0.05, 0) is 37.8 Å². The normalized spacial score (nSPS) is 24.1. The van der Waals surface area contributed by atoms with Gasteiger partial charge in [-0.1, -0.05) is 18.2 Å². The molecule has 0 saturated carbocycles. The Kier molecular flexibility index (Phi) is 6.62. The molecule has 2 aromatic rings. The van der Waals surface area contributed by atoms with Gasteiger partial charge in [-0.2, -0.15) is 0 Å². The van der Waals surface area contributed by atoms with Crippen LogP contribution in [-0.2, 0) is 10.5 Å². The molecule has 3 heterocycles. The van der Waals surface area contributed by atoms with E-state index in [1.165, 1.54) is 12.8 Å². The molecular weight excluding hydrogens is 370 g/mol. The summed E-state index contributed by atoms with van der Waals surface area (Å²) in [4.78, 5) is 16.7. The van der Waals surface area contributed by atoms with Crippen LogP contribution in [0.25, 0.3) is 11.5 Å². The third-order valence-corrected chi connectivity index (χ3v) is 5.86. The van der Waals surface area contributed by atoms with E-state index >= 15 is 0 Å². The molecule has 2 unspecified atom stereocenters. The molecule has 2 saturated heterocycles. The Morgan fingerprint density at radius 3 is 2.69 bits per heavy atom. The highest BCUT2D eigenvalue weighted by atomic mass is 35.5. The molecule has 1 amide bonds. The molecule has 2 bridgehead atoms. The lowest BCUT2D eigenvalue weighted by molar-refractivity contribution is -0.119. The van der Waals surface area contributed by atoms with E-state index in [1.54, 1.807) is 18.0 Å². The Labute approximate surface area is 164 Å². The number of thioether (sulfide) groups is 1. The summed E-state index contributed by atoms with van der Waals surface area (Å²) < 4.78 is 5.53. The van der Waals surface area contributed by atoms with Crippen LogP contribution in [0.4, 0.5) is 0 Å². The molecule has 1 aromatic heterocycles. The summed E-state index contributed by atoms with van der Waals surface area (Å²) in [7, 11) is 0. The predicted octanol–water partition coefficient (Wildman–Crippen LogP) is 3.40. The first kappa shape index (κ1) is 19.3. The minimum atomic E-state index is 0. The Bertz CT molecular complexity index is 713. The number of benzene rings is 1. The summed E-state index contributed by atoms with van der Waals surface area (Å²) >= 11 is 1.58. The van der Waals surface area contributed by atoms with Gasteiger partial charge in [-0.15, -0.1) is 24.2 Å². The van der Waals surface area contributed by atoms with Gasteiger partial charge in [0.15, 0.2) is 0 Å². The highest BCUT2D eigenvalue weighted by Gasteiger charge is 2.33. The van der Waals surface area contributed by atoms with Crippen molar-refractivity contribution >= 4 is 30.1 Å². The van der Waals surface area contributed by atoms with E-state index < -0.39 is 0 Å². The smallest absolute Gasteiger partial charge is 0.230 e. The van der Waals surface area contributed by atoms with Crippen molar-refractivity contribution in [2.24, 2.45) is 0 Å². The second-order valence-electron chi connectivity index (χ2n) is 6.88. The lowest BCUT2D eigenvalue weighted by atomic mass is 10.00. The third kappa shape index (κ3) is 4.81. The minimum absolute atomic E-state index is 0.